The molecule has 30 heavy (non-hydrogen) atoms. The summed E-state index contributed by atoms with van der Waals surface area (Å²) in [4.78, 5) is 23.6. The summed E-state index contributed by atoms with van der Waals surface area (Å²) in [5.74, 6) is 1.24. The molecule has 0 spiro atoms. The molecule has 1 unspecified atom stereocenters. The van der Waals surface area contributed by atoms with Gasteiger partial charge in [-0.1, -0.05) is 36.4 Å². The Kier molecular flexibility index (Phi) is 8.31. The van der Waals surface area contributed by atoms with Crippen molar-refractivity contribution < 1.29 is 4.79 Å². The summed E-state index contributed by atoms with van der Waals surface area (Å²) in [6.45, 7) is 7.61. The molecular formula is C24H37N5O. The van der Waals surface area contributed by atoms with Crippen LogP contribution in [0.3, 0.4) is 0 Å². The van der Waals surface area contributed by atoms with Gasteiger partial charge in [0, 0.05) is 46.8 Å². The minimum atomic E-state index is 0.0563. The van der Waals surface area contributed by atoms with Gasteiger partial charge in [-0.05, 0) is 50.3 Å². The van der Waals surface area contributed by atoms with Crippen molar-refractivity contribution in [3.8, 4) is 0 Å². The van der Waals surface area contributed by atoms with Crippen molar-refractivity contribution in [2.24, 2.45) is 4.99 Å². The van der Waals surface area contributed by atoms with Gasteiger partial charge in [0.2, 0.25) is 5.91 Å². The molecule has 1 saturated heterocycles. The number of carbonyl (C=O) groups excluding carboxylic acids is 1. The van der Waals surface area contributed by atoms with E-state index in [1.54, 1.807) is 4.90 Å². The Morgan fingerprint density at radius 3 is 2.70 bits per heavy atom. The van der Waals surface area contributed by atoms with Crippen molar-refractivity contribution in [1.82, 2.24) is 20.0 Å². The third-order valence-electron chi connectivity index (χ3n) is 5.94. The van der Waals surface area contributed by atoms with Gasteiger partial charge in [0.15, 0.2) is 5.96 Å². The van der Waals surface area contributed by atoms with Crippen LogP contribution in [-0.4, -0.2) is 86.0 Å². The van der Waals surface area contributed by atoms with Gasteiger partial charge in [-0.25, -0.2) is 0 Å². The number of guanidine groups is 1. The Morgan fingerprint density at radius 2 is 2.03 bits per heavy atom. The first-order chi connectivity index (χ1) is 14.6. The second-order valence-corrected chi connectivity index (χ2v) is 8.31. The third-order valence-corrected chi connectivity index (χ3v) is 5.94. The van der Waals surface area contributed by atoms with E-state index in [0.29, 0.717) is 0 Å². The molecule has 0 radical (unpaired) electrons. The number of amides is 1. The second kappa shape index (κ2) is 11.2. The minimum absolute atomic E-state index is 0.0563. The van der Waals surface area contributed by atoms with Gasteiger partial charge in [-0.3, -0.25) is 14.7 Å². The predicted molar refractivity (Wildman–Crippen MR) is 124 cm³/mol. The average Bonchev–Trinajstić information content (AvgIpc) is 3.24. The van der Waals surface area contributed by atoms with E-state index in [-0.39, 0.29) is 11.9 Å². The van der Waals surface area contributed by atoms with Crippen LogP contribution in [0.5, 0.6) is 0 Å². The van der Waals surface area contributed by atoms with E-state index in [4.69, 9.17) is 4.99 Å². The summed E-state index contributed by atoms with van der Waals surface area (Å²) in [6, 6.07) is 10.7. The minimum Gasteiger partial charge on any atom is -0.357 e. The van der Waals surface area contributed by atoms with E-state index < -0.39 is 0 Å². The fourth-order valence-corrected chi connectivity index (χ4v) is 4.33. The molecule has 1 aromatic rings. The maximum Gasteiger partial charge on any atom is 0.239 e. The normalized spacial score (nSPS) is 20.2. The molecule has 6 heteroatoms. The molecule has 2 aliphatic rings. The summed E-state index contributed by atoms with van der Waals surface area (Å²) >= 11 is 0. The third kappa shape index (κ3) is 5.85. The first kappa shape index (κ1) is 22.3. The zero-order chi connectivity index (χ0) is 21.3. The zero-order valence-electron chi connectivity index (χ0n) is 18.8. The van der Waals surface area contributed by atoms with Crippen LogP contribution < -0.4 is 5.32 Å². The highest BCUT2D eigenvalue weighted by Crippen LogP contribution is 2.22. The van der Waals surface area contributed by atoms with Crippen LogP contribution in [0.4, 0.5) is 0 Å². The second-order valence-electron chi connectivity index (χ2n) is 8.31. The Bertz CT molecular complexity index is 743. The Morgan fingerprint density at radius 1 is 1.23 bits per heavy atom. The predicted octanol–water partition coefficient (Wildman–Crippen LogP) is 2.68. The lowest BCUT2D eigenvalue weighted by Gasteiger charge is -2.30. The van der Waals surface area contributed by atoms with Gasteiger partial charge < -0.3 is 15.1 Å². The van der Waals surface area contributed by atoms with Crippen LogP contribution in [0.2, 0.25) is 0 Å². The molecule has 6 nitrogen and oxygen atoms in total. The molecule has 1 aromatic carbocycles. The van der Waals surface area contributed by atoms with E-state index in [2.05, 4.69) is 58.4 Å². The van der Waals surface area contributed by atoms with Gasteiger partial charge in [0.05, 0.1) is 6.04 Å². The molecule has 1 atom stereocenters. The molecule has 0 saturated carbocycles. The lowest BCUT2D eigenvalue weighted by molar-refractivity contribution is -0.133. The summed E-state index contributed by atoms with van der Waals surface area (Å²) in [7, 11) is 3.70. The largest absolute Gasteiger partial charge is 0.357 e. The number of hydrogen-bond acceptors (Lipinski definition) is 3. The van der Waals surface area contributed by atoms with Crippen molar-refractivity contribution in [1.29, 1.82) is 0 Å². The number of aliphatic imine (C=N–C) groups is 1. The van der Waals surface area contributed by atoms with Gasteiger partial charge in [-0.2, -0.15) is 0 Å². The number of likely N-dealkylation sites (tertiary alicyclic amines) is 1. The van der Waals surface area contributed by atoms with Crippen LogP contribution in [0.25, 0.3) is 5.57 Å². The highest BCUT2D eigenvalue weighted by atomic mass is 16.2. The Balaban J connectivity index is 1.51. The molecule has 0 bridgehead atoms. The smallest absolute Gasteiger partial charge is 0.239 e. The number of nitrogens with zero attached hydrogens (tertiary/aromatic N) is 4. The highest BCUT2D eigenvalue weighted by Gasteiger charge is 2.31. The van der Waals surface area contributed by atoms with E-state index in [1.165, 1.54) is 11.1 Å². The van der Waals surface area contributed by atoms with Gasteiger partial charge in [-0.15, -0.1) is 0 Å². The molecular weight excluding hydrogens is 374 g/mol. The molecule has 1 amide bonds. The van der Waals surface area contributed by atoms with Crippen LogP contribution in [0.1, 0.15) is 38.2 Å². The number of benzene rings is 1. The lowest BCUT2D eigenvalue weighted by Crippen LogP contribution is -2.44. The van der Waals surface area contributed by atoms with E-state index in [0.717, 1.165) is 70.9 Å². The summed E-state index contributed by atoms with van der Waals surface area (Å²) in [5, 5.41) is 3.45. The molecule has 0 aliphatic carbocycles. The SMILES string of the molecule is CCNC(=NCCCN1CCCC1C(=O)N(C)C)N1CC=C(c2ccccc2)CC1. The Labute approximate surface area is 181 Å². The molecule has 1 N–H and O–H groups in total. The van der Waals surface area contributed by atoms with E-state index >= 15 is 0 Å². The Hall–Kier alpha value is -2.34. The summed E-state index contributed by atoms with van der Waals surface area (Å²) in [6.07, 6.45) is 6.43. The molecule has 1 fully saturated rings. The zero-order valence-corrected chi connectivity index (χ0v) is 18.8. The van der Waals surface area contributed by atoms with Gasteiger partial charge in [0.1, 0.15) is 0 Å². The lowest BCUT2D eigenvalue weighted by atomic mass is 10.00. The van der Waals surface area contributed by atoms with Crippen molar-refractivity contribution in [2.45, 2.75) is 38.6 Å². The average molecular weight is 412 g/mol. The van der Waals surface area contributed by atoms with Crippen molar-refractivity contribution in [3.05, 3.63) is 42.0 Å². The quantitative estimate of drug-likeness (QED) is 0.426. The van der Waals surface area contributed by atoms with E-state index in [9.17, 15) is 4.79 Å². The highest BCUT2D eigenvalue weighted by molar-refractivity contribution is 5.82. The molecule has 0 aromatic heterocycles. The molecule has 3 rings (SSSR count). The first-order valence-corrected chi connectivity index (χ1v) is 11.3. The topological polar surface area (TPSA) is 51.2 Å². The van der Waals surface area contributed by atoms with E-state index in [1.807, 2.05) is 14.1 Å². The number of likely N-dealkylation sites (N-methyl/N-ethyl adjacent to an activating group) is 1. The van der Waals surface area contributed by atoms with Crippen LogP contribution >= 0.6 is 0 Å². The fraction of sp³-hybridized carbons (Fsp3) is 0.583. The van der Waals surface area contributed by atoms with Crippen LogP contribution in [0, 0.1) is 0 Å². The van der Waals surface area contributed by atoms with Crippen molar-refractivity contribution in [2.75, 3.05) is 53.4 Å². The first-order valence-electron chi connectivity index (χ1n) is 11.3. The maximum absolute atomic E-state index is 12.4. The molecule has 2 aliphatic heterocycles. The van der Waals surface area contributed by atoms with Crippen LogP contribution in [-0.2, 0) is 4.79 Å². The molecule has 164 valence electrons. The molecule has 2 heterocycles. The number of nitrogens with one attached hydrogen (secondary N) is 1. The number of carbonyl (C=O) groups is 1. The summed E-state index contributed by atoms with van der Waals surface area (Å²) < 4.78 is 0. The summed E-state index contributed by atoms with van der Waals surface area (Å²) in [5.41, 5.74) is 2.75. The number of rotatable bonds is 7. The van der Waals surface area contributed by atoms with Crippen molar-refractivity contribution >= 4 is 17.4 Å². The fourth-order valence-electron chi connectivity index (χ4n) is 4.33. The van der Waals surface area contributed by atoms with Crippen LogP contribution in [0.15, 0.2) is 41.4 Å². The van der Waals surface area contributed by atoms with Crippen molar-refractivity contribution in [3.63, 3.8) is 0 Å². The maximum atomic E-state index is 12.4. The standard InChI is InChI=1S/C24H37N5O/c1-4-25-24(29-18-13-21(14-19-29)20-10-6-5-7-11-20)26-15-9-17-28-16-8-12-22(28)23(30)27(2)3/h5-7,10-11,13,22H,4,8-9,12,14-19H2,1-3H3,(H,25,26). The van der Waals surface area contributed by atoms with Gasteiger partial charge >= 0.3 is 0 Å². The number of hydrogen-bond donors (Lipinski definition) is 1. The van der Waals surface area contributed by atoms with Gasteiger partial charge in [0.25, 0.3) is 0 Å². The monoisotopic (exact) mass is 411 g/mol.